The summed E-state index contributed by atoms with van der Waals surface area (Å²) in [6.45, 7) is 3.27. The summed E-state index contributed by atoms with van der Waals surface area (Å²) in [7, 11) is 1.52. The molecule has 0 aromatic heterocycles. The number of hydrogen-bond donors (Lipinski definition) is 3. The first-order valence-corrected chi connectivity index (χ1v) is 11.2. The van der Waals surface area contributed by atoms with Gasteiger partial charge < -0.3 is 25.2 Å². The van der Waals surface area contributed by atoms with Crippen molar-refractivity contribution >= 4 is 29.4 Å². The number of anilines is 1. The van der Waals surface area contributed by atoms with Crippen LogP contribution in [0.1, 0.15) is 31.4 Å². The summed E-state index contributed by atoms with van der Waals surface area (Å²) in [6.07, 6.45) is -2.85. The van der Waals surface area contributed by atoms with Gasteiger partial charge in [0.25, 0.3) is 0 Å². The van der Waals surface area contributed by atoms with E-state index in [1.165, 1.54) is 31.0 Å². The van der Waals surface area contributed by atoms with Gasteiger partial charge in [-0.2, -0.15) is 0 Å². The molecule has 0 aliphatic heterocycles. The van der Waals surface area contributed by atoms with E-state index in [1.54, 1.807) is 13.8 Å². The maximum absolute atomic E-state index is 12.4. The first kappa shape index (κ1) is 25.5. The molecule has 2 aromatic rings. The molecule has 0 bridgehead atoms. The van der Waals surface area contributed by atoms with Crippen LogP contribution in [0, 0.1) is 0 Å². The Morgan fingerprint density at radius 1 is 1.12 bits per heavy atom. The highest BCUT2D eigenvalue weighted by atomic mass is 32.2. The van der Waals surface area contributed by atoms with E-state index in [-0.39, 0.29) is 11.8 Å². The van der Waals surface area contributed by atoms with Gasteiger partial charge >= 0.3 is 18.4 Å². The molecule has 3 rings (SSSR count). The zero-order valence-corrected chi connectivity index (χ0v) is 19.6. The van der Waals surface area contributed by atoms with Crippen LogP contribution in [0.3, 0.4) is 0 Å². The lowest BCUT2D eigenvalue weighted by Gasteiger charge is -2.28. The van der Waals surface area contributed by atoms with Gasteiger partial charge in [-0.1, -0.05) is 0 Å². The van der Waals surface area contributed by atoms with E-state index in [4.69, 9.17) is 4.74 Å². The van der Waals surface area contributed by atoms with Crippen molar-refractivity contribution in [1.29, 1.82) is 0 Å². The number of alkyl halides is 3. The van der Waals surface area contributed by atoms with Gasteiger partial charge in [0.2, 0.25) is 0 Å². The Morgan fingerprint density at radius 3 is 2.38 bits per heavy atom. The summed E-state index contributed by atoms with van der Waals surface area (Å²) in [5.41, 5.74) is 2.40. The van der Waals surface area contributed by atoms with Crippen molar-refractivity contribution in [1.82, 2.24) is 5.32 Å². The Morgan fingerprint density at radius 2 is 1.79 bits per heavy atom. The number of thioether (sulfide) groups is 1. The van der Waals surface area contributed by atoms with Gasteiger partial charge in [-0.25, -0.2) is 4.79 Å². The van der Waals surface area contributed by atoms with E-state index in [9.17, 15) is 27.9 Å². The number of carbonyl (C=O) groups is 2. The molecule has 184 valence electrons. The van der Waals surface area contributed by atoms with Crippen LogP contribution in [-0.4, -0.2) is 41.4 Å². The van der Waals surface area contributed by atoms with Gasteiger partial charge in [-0.3, -0.25) is 4.79 Å². The number of methoxy groups -OCH3 is 1. The van der Waals surface area contributed by atoms with Crippen molar-refractivity contribution in [3.8, 4) is 11.5 Å². The maximum Gasteiger partial charge on any atom is 0.573 e. The van der Waals surface area contributed by atoms with Crippen molar-refractivity contribution in [2.45, 2.75) is 55.2 Å². The molecule has 1 unspecified atom stereocenters. The predicted molar refractivity (Wildman–Crippen MR) is 122 cm³/mol. The van der Waals surface area contributed by atoms with E-state index in [1.807, 2.05) is 12.1 Å². The standard InChI is InChI=1S/C23H25F3N2O5S/c1-22(2,20(29)30)34-19-12-13-4-5-16(10-14(13)11-18(19)32-3)28-21(31)27-15-6-8-17(9-7-15)33-23(24,25)26/h6-9,11-12,16H,4-5,10H2,1-3H3,(H,29,30)(H2,27,28,31). The number of benzene rings is 2. The third kappa shape index (κ3) is 6.72. The van der Waals surface area contributed by atoms with Crippen LogP contribution >= 0.6 is 11.8 Å². The zero-order valence-electron chi connectivity index (χ0n) is 18.8. The lowest BCUT2D eigenvalue weighted by Crippen LogP contribution is -2.41. The molecule has 2 amide bonds. The number of hydrogen-bond acceptors (Lipinski definition) is 5. The summed E-state index contributed by atoms with van der Waals surface area (Å²) < 4.78 is 45.0. The Hall–Kier alpha value is -3.08. The average Bonchev–Trinajstić information content (AvgIpc) is 2.73. The summed E-state index contributed by atoms with van der Waals surface area (Å²) in [5, 5.41) is 14.9. The summed E-state index contributed by atoms with van der Waals surface area (Å²) >= 11 is 1.22. The Labute approximate surface area is 199 Å². The van der Waals surface area contributed by atoms with Crippen molar-refractivity contribution in [3.05, 3.63) is 47.5 Å². The Bertz CT molecular complexity index is 1060. The first-order valence-electron chi connectivity index (χ1n) is 10.4. The predicted octanol–water partition coefficient (Wildman–Crippen LogP) is 5.23. The SMILES string of the molecule is COc1cc2c(cc1SC(C)(C)C(=O)O)CCC(NC(=O)Nc1ccc(OC(F)(F)F)cc1)C2. The second kappa shape index (κ2) is 10.0. The largest absolute Gasteiger partial charge is 0.573 e. The number of nitrogens with one attached hydrogen (secondary N) is 2. The lowest BCUT2D eigenvalue weighted by atomic mass is 9.88. The summed E-state index contributed by atoms with van der Waals surface area (Å²) in [5.74, 6) is -0.722. The number of rotatable bonds is 7. The molecule has 7 nitrogen and oxygen atoms in total. The molecule has 34 heavy (non-hydrogen) atoms. The molecule has 0 fully saturated rings. The molecule has 11 heteroatoms. The van der Waals surface area contributed by atoms with E-state index < -0.39 is 23.1 Å². The highest BCUT2D eigenvalue weighted by Gasteiger charge is 2.32. The molecular weight excluding hydrogens is 473 g/mol. The number of aryl methyl sites for hydroxylation is 1. The Kier molecular flexibility index (Phi) is 7.54. The number of carboxylic acid groups (broad SMARTS) is 1. The van der Waals surface area contributed by atoms with E-state index >= 15 is 0 Å². The van der Waals surface area contributed by atoms with Gasteiger partial charge in [0.15, 0.2) is 0 Å². The number of halogens is 3. The van der Waals surface area contributed by atoms with Crippen LogP contribution in [-0.2, 0) is 17.6 Å². The number of fused-ring (bicyclic) bond motifs is 1. The van der Waals surface area contributed by atoms with E-state index in [2.05, 4.69) is 15.4 Å². The van der Waals surface area contributed by atoms with E-state index in [0.29, 0.717) is 30.7 Å². The highest BCUT2D eigenvalue weighted by Crippen LogP contribution is 2.41. The minimum absolute atomic E-state index is 0.154. The first-order chi connectivity index (χ1) is 15.9. The molecule has 0 saturated heterocycles. The summed E-state index contributed by atoms with van der Waals surface area (Å²) in [4.78, 5) is 24.6. The fourth-order valence-corrected chi connectivity index (χ4v) is 4.62. The molecule has 0 spiro atoms. The van der Waals surface area contributed by atoms with Crippen LogP contribution in [0.2, 0.25) is 0 Å². The van der Waals surface area contributed by atoms with Crippen LogP contribution in [0.15, 0.2) is 41.3 Å². The molecule has 2 aromatic carbocycles. The Balaban J connectivity index is 1.62. The second-order valence-corrected chi connectivity index (χ2v) is 9.96. The molecular formula is C23H25F3N2O5S. The van der Waals surface area contributed by atoms with Gasteiger partial charge in [0.05, 0.1) is 12.0 Å². The average molecular weight is 499 g/mol. The number of carboxylic acids is 1. The smallest absolute Gasteiger partial charge is 0.496 e. The fraction of sp³-hybridized carbons (Fsp3) is 0.391. The maximum atomic E-state index is 12.4. The summed E-state index contributed by atoms with van der Waals surface area (Å²) in [6, 6.07) is 8.07. The number of ether oxygens (including phenoxy) is 2. The molecule has 3 N–H and O–H groups in total. The molecule has 0 heterocycles. The van der Waals surface area contributed by atoms with Crippen LogP contribution in [0.5, 0.6) is 11.5 Å². The normalized spacial score (nSPS) is 15.8. The molecule has 1 aliphatic rings. The monoisotopic (exact) mass is 498 g/mol. The number of amides is 2. The topological polar surface area (TPSA) is 96.9 Å². The van der Waals surface area contributed by atoms with Crippen molar-refractivity contribution in [2.24, 2.45) is 0 Å². The van der Waals surface area contributed by atoms with Crippen LogP contribution in [0.25, 0.3) is 0 Å². The molecule has 1 atom stereocenters. The van der Waals surface area contributed by atoms with Crippen LogP contribution < -0.4 is 20.1 Å². The van der Waals surface area contributed by atoms with Crippen molar-refractivity contribution in [2.75, 3.05) is 12.4 Å². The van der Waals surface area contributed by atoms with Gasteiger partial charge in [0, 0.05) is 11.7 Å². The molecule has 1 aliphatic carbocycles. The molecule has 0 radical (unpaired) electrons. The number of carbonyl (C=O) groups excluding carboxylic acids is 1. The van der Waals surface area contributed by atoms with Crippen LogP contribution in [0.4, 0.5) is 23.7 Å². The highest BCUT2D eigenvalue weighted by molar-refractivity contribution is 8.01. The van der Waals surface area contributed by atoms with Crippen molar-refractivity contribution < 1.29 is 37.3 Å². The minimum Gasteiger partial charge on any atom is -0.496 e. The van der Waals surface area contributed by atoms with Gasteiger partial charge in [-0.05, 0) is 80.6 Å². The number of urea groups is 1. The molecule has 0 saturated carbocycles. The minimum atomic E-state index is -4.78. The lowest BCUT2D eigenvalue weighted by molar-refractivity contribution is -0.274. The van der Waals surface area contributed by atoms with E-state index in [0.717, 1.165) is 28.2 Å². The zero-order chi connectivity index (χ0) is 25.1. The second-order valence-electron chi connectivity index (χ2n) is 8.30. The third-order valence-electron chi connectivity index (χ3n) is 5.28. The van der Waals surface area contributed by atoms with Crippen molar-refractivity contribution in [3.63, 3.8) is 0 Å². The van der Waals surface area contributed by atoms with Gasteiger partial charge in [-0.15, -0.1) is 24.9 Å². The number of aliphatic carboxylic acids is 1. The quantitative estimate of drug-likeness (QED) is 0.453. The van der Waals surface area contributed by atoms with Gasteiger partial charge in [0.1, 0.15) is 16.2 Å². The third-order valence-corrected chi connectivity index (χ3v) is 6.50. The fourth-order valence-electron chi connectivity index (χ4n) is 3.54.